The molecular weight excluding hydrogens is 211 g/mol. The Morgan fingerprint density at radius 1 is 1.44 bits per heavy atom. The van der Waals surface area contributed by atoms with E-state index in [1.165, 1.54) is 24.3 Å². The van der Waals surface area contributed by atoms with Gasteiger partial charge in [0.05, 0.1) is 6.61 Å². The van der Waals surface area contributed by atoms with Crippen LogP contribution in [0.2, 0.25) is 0 Å². The van der Waals surface area contributed by atoms with Gasteiger partial charge in [0.25, 0.3) is 0 Å². The number of aldehydes is 1. The zero-order valence-corrected chi connectivity index (χ0v) is 8.98. The highest BCUT2D eigenvalue weighted by Gasteiger charge is 2.21. The Hall–Kier alpha value is -1.71. The largest absolute Gasteiger partial charge is 0.465 e. The molecule has 16 heavy (non-hydrogen) atoms. The summed E-state index contributed by atoms with van der Waals surface area (Å²) in [7, 11) is 0. The van der Waals surface area contributed by atoms with Gasteiger partial charge in [-0.25, -0.2) is 4.39 Å². The molecule has 0 aliphatic rings. The lowest BCUT2D eigenvalue weighted by Crippen LogP contribution is -2.17. The van der Waals surface area contributed by atoms with Crippen LogP contribution < -0.4 is 0 Å². The van der Waals surface area contributed by atoms with Crippen molar-refractivity contribution in [2.24, 2.45) is 0 Å². The Morgan fingerprint density at radius 2 is 2.06 bits per heavy atom. The predicted molar refractivity (Wildman–Crippen MR) is 56.5 cm³/mol. The summed E-state index contributed by atoms with van der Waals surface area (Å²) in [4.78, 5) is 22.3. The number of esters is 1. The molecule has 1 aromatic carbocycles. The SMILES string of the molecule is CCCOC(=O)C(C=O)c1ccc(F)cc1. The molecule has 0 aliphatic carbocycles. The summed E-state index contributed by atoms with van der Waals surface area (Å²) >= 11 is 0. The van der Waals surface area contributed by atoms with Gasteiger partial charge in [0.1, 0.15) is 18.0 Å². The number of ether oxygens (including phenoxy) is 1. The van der Waals surface area contributed by atoms with E-state index in [1.807, 2.05) is 6.92 Å². The monoisotopic (exact) mass is 224 g/mol. The predicted octanol–water partition coefficient (Wildman–Crippen LogP) is 2.06. The van der Waals surface area contributed by atoms with E-state index in [0.717, 1.165) is 0 Å². The summed E-state index contributed by atoms with van der Waals surface area (Å²) in [6.07, 6.45) is 1.20. The molecule has 0 fully saturated rings. The fourth-order valence-corrected chi connectivity index (χ4v) is 1.23. The third kappa shape index (κ3) is 3.15. The number of hydrogen-bond donors (Lipinski definition) is 0. The first-order valence-corrected chi connectivity index (χ1v) is 5.06. The quantitative estimate of drug-likeness (QED) is 0.437. The lowest BCUT2D eigenvalue weighted by molar-refractivity contribution is -0.146. The Balaban J connectivity index is 2.77. The normalized spacial score (nSPS) is 11.9. The van der Waals surface area contributed by atoms with Gasteiger partial charge < -0.3 is 9.53 Å². The van der Waals surface area contributed by atoms with Gasteiger partial charge in [0.2, 0.25) is 0 Å². The van der Waals surface area contributed by atoms with Gasteiger partial charge >= 0.3 is 5.97 Å². The highest BCUT2D eigenvalue weighted by Crippen LogP contribution is 2.15. The Labute approximate surface area is 93.2 Å². The summed E-state index contributed by atoms with van der Waals surface area (Å²) < 4.78 is 17.5. The van der Waals surface area contributed by atoms with Gasteiger partial charge in [-0.15, -0.1) is 0 Å². The lowest BCUT2D eigenvalue weighted by atomic mass is 10.0. The van der Waals surface area contributed by atoms with Crippen molar-refractivity contribution in [3.05, 3.63) is 35.6 Å². The van der Waals surface area contributed by atoms with E-state index >= 15 is 0 Å². The number of carbonyl (C=O) groups excluding carboxylic acids is 2. The van der Waals surface area contributed by atoms with E-state index in [1.54, 1.807) is 0 Å². The van der Waals surface area contributed by atoms with Crippen molar-refractivity contribution in [3.8, 4) is 0 Å². The minimum Gasteiger partial charge on any atom is -0.465 e. The molecule has 0 aliphatic heterocycles. The van der Waals surface area contributed by atoms with Crippen LogP contribution in [0.15, 0.2) is 24.3 Å². The molecule has 4 heteroatoms. The number of halogens is 1. The van der Waals surface area contributed by atoms with Crippen LogP contribution in [-0.4, -0.2) is 18.9 Å². The third-order valence-corrected chi connectivity index (χ3v) is 2.07. The molecule has 0 saturated heterocycles. The maximum absolute atomic E-state index is 12.7. The molecule has 0 radical (unpaired) electrons. The first-order chi connectivity index (χ1) is 7.69. The molecule has 1 aromatic rings. The minimum absolute atomic E-state index is 0.282. The smallest absolute Gasteiger partial charge is 0.320 e. The second kappa shape index (κ2) is 6.00. The highest BCUT2D eigenvalue weighted by atomic mass is 19.1. The standard InChI is InChI=1S/C12H13FO3/c1-2-7-16-12(15)11(8-14)9-3-5-10(13)6-4-9/h3-6,8,11H,2,7H2,1H3. The molecule has 86 valence electrons. The highest BCUT2D eigenvalue weighted by molar-refractivity contribution is 5.94. The number of rotatable bonds is 5. The molecule has 0 bridgehead atoms. The average Bonchev–Trinajstić information content (AvgIpc) is 2.30. The first-order valence-electron chi connectivity index (χ1n) is 5.06. The molecule has 0 amide bonds. The summed E-state index contributed by atoms with van der Waals surface area (Å²) in [5.74, 6) is -1.97. The maximum atomic E-state index is 12.7. The van der Waals surface area contributed by atoms with Gasteiger partial charge in [0.15, 0.2) is 0 Å². The van der Waals surface area contributed by atoms with E-state index in [4.69, 9.17) is 4.74 Å². The molecule has 1 atom stereocenters. The average molecular weight is 224 g/mol. The van der Waals surface area contributed by atoms with Crippen LogP contribution in [0.25, 0.3) is 0 Å². The lowest BCUT2D eigenvalue weighted by Gasteiger charge is -2.09. The number of benzene rings is 1. The molecule has 0 aromatic heterocycles. The van der Waals surface area contributed by atoms with Crippen LogP contribution in [0.5, 0.6) is 0 Å². The van der Waals surface area contributed by atoms with Gasteiger partial charge in [-0.2, -0.15) is 0 Å². The van der Waals surface area contributed by atoms with Crippen molar-refractivity contribution in [1.82, 2.24) is 0 Å². The van der Waals surface area contributed by atoms with Crippen molar-refractivity contribution in [3.63, 3.8) is 0 Å². The minimum atomic E-state index is -0.966. The fourth-order valence-electron chi connectivity index (χ4n) is 1.23. The Bertz CT molecular complexity index is 359. The maximum Gasteiger partial charge on any atom is 0.320 e. The second-order valence-electron chi connectivity index (χ2n) is 3.33. The first kappa shape index (κ1) is 12.4. The molecule has 1 rings (SSSR count). The van der Waals surface area contributed by atoms with Crippen LogP contribution in [0.4, 0.5) is 4.39 Å². The van der Waals surface area contributed by atoms with Crippen LogP contribution >= 0.6 is 0 Å². The molecule has 0 N–H and O–H groups in total. The van der Waals surface area contributed by atoms with Crippen molar-refractivity contribution >= 4 is 12.3 Å². The summed E-state index contributed by atoms with van der Waals surface area (Å²) in [6.45, 7) is 2.14. The molecule has 0 spiro atoms. The molecular formula is C12H13FO3. The zero-order chi connectivity index (χ0) is 12.0. The number of carbonyl (C=O) groups is 2. The van der Waals surface area contributed by atoms with E-state index < -0.39 is 17.7 Å². The summed E-state index contributed by atoms with van der Waals surface area (Å²) in [5, 5.41) is 0. The van der Waals surface area contributed by atoms with Crippen LogP contribution in [-0.2, 0) is 14.3 Å². The van der Waals surface area contributed by atoms with Crippen molar-refractivity contribution in [2.75, 3.05) is 6.61 Å². The van der Waals surface area contributed by atoms with Gasteiger partial charge in [-0.05, 0) is 24.1 Å². The molecule has 1 unspecified atom stereocenters. The number of hydrogen-bond acceptors (Lipinski definition) is 3. The van der Waals surface area contributed by atoms with E-state index in [0.29, 0.717) is 18.3 Å². The zero-order valence-electron chi connectivity index (χ0n) is 8.98. The Kier molecular flexibility index (Phi) is 4.64. The van der Waals surface area contributed by atoms with E-state index in [2.05, 4.69) is 0 Å². The summed E-state index contributed by atoms with van der Waals surface area (Å²) in [5.41, 5.74) is 0.442. The topological polar surface area (TPSA) is 43.4 Å². The van der Waals surface area contributed by atoms with Gasteiger partial charge in [-0.1, -0.05) is 19.1 Å². The second-order valence-corrected chi connectivity index (χ2v) is 3.33. The molecule has 0 saturated carbocycles. The van der Waals surface area contributed by atoms with E-state index in [9.17, 15) is 14.0 Å². The van der Waals surface area contributed by atoms with Gasteiger partial charge in [-0.3, -0.25) is 4.79 Å². The van der Waals surface area contributed by atoms with Crippen molar-refractivity contribution in [2.45, 2.75) is 19.3 Å². The van der Waals surface area contributed by atoms with Gasteiger partial charge in [0, 0.05) is 0 Å². The van der Waals surface area contributed by atoms with Crippen LogP contribution in [0.3, 0.4) is 0 Å². The summed E-state index contributed by atoms with van der Waals surface area (Å²) in [6, 6.07) is 5.22. The van der Waals surface area contributed by atoms with Crippen LogP contribution in [0.1, 0.15) is 24.8 Å². The third-order valence-electron chi connectivity index (χ3n) is 2.07. The van der Waals surface area contributed by atoms with E-state index in [-0.39, 0.29) is 6.61 Å². The van der Waals surface area contributed by atoms with Crippen molar-refractivity contribution < 1.29 is 18.7 Å². The molecule has 0 heterocycles. The van der Waals surface area contributed by atoms with Crippen molar-refractivity contribution in [1.29, 1.82) is 0 Å². The Morgan fingerprint density at radius 3 is 2.56 bits per heavy atom. The fraction of sp³-hybridized carbons (Fsp3) is 0.333. The van der Waals surface area contributed by atoms with Crippen LogP contribution in [0, 0.1) is 5.82 Å². The molecule has 3 nitrogen and oxygen atoms in total.